The summed E-state index contributed by atoms with van der Waals surface area (Å²) < 4.78 is 14.3. The molecule has 52 heavy (non-hydrogen) atoms. The van der Waals surface area contributed by atoms with Gasteiger partial charge in [0.15, 0.2) is 0 Å². The van der Waals surface area contributed by atoms with E-state index in [0.29, 0.717) is 0 Å². The van der Waals surface area contributed by atoms with E-state index >= 15 is 0 Å². The highest BCUT2D eigenvalue weighted by Crippen LogP contribution is 2.46. The maximum atomic E-state index is 7.03. The van der Waals surface area contributed by atoms with Crippen molar-refractivity contribution >= 4 is 87.4 Å². The molecule has 0 saturated heterocycles. The van der Waals surface area contributed by atoms with Crippen LogP contribution in [0.3, 0.4) is 0 Å². The number of furan rings is 1. The molecule has 0 aliphatic rings. The average Bonchev–Trinajstić information content (AvgIpc) is 3.94. The number of hydrogen-bond donors (Lipinski definition) is 0. The summed E-state index contributed by atoms with van der Waals surface area (Å²) in [6, 6.07) is 63.2. The van der Waals surface area contributed by atoms with Crippen molar-refractivity contribution in [3.63, 3.8) is 0 Å². The summed E-state index contributed by atoms with van der Waals surface area (Å²) in [4.78, 5) is 0. The third-order valence-corrected chi connectivity index (χ3v) is 11.0. The molecule has 4 nitrogen and oxygen atoms in total. The van der Waals surface area contributed by atoms with Crippen molar-refractivity contribution in [1.29, 1.82) is 0 Å². The molecule has 0 aliphatic carbocycles. The van der Waals surface area contributed by atoms with Crippen LogP contribution in [0.25, 0.3) is 104 Å². The summed E-state index contributed by atoms with van der Waals surface area (Å²) in [6.07, 6.45) is 0. The van der Waals surface area contributed by atoms with Gasteiger partial charge in [-0.3, -0.25) is 0 Å². The molecule has 0 amide bonds. The van der Waals surface area contributed by atoms with Crippen molar-refractivity contribution in [3.8, 4) is 17.1 Å². The minimum Gasteiger partial charge on any atom is -0.455 e. The quantitative estimate of drug-likeness (QED) is 0.185. The van der Waals surface area contributed by atoms with Gasteiger partial charge in [-0.2, -0.15) is 0 Å². The Morgan fingerprint density at radius 1 is 0.308 bits per heavy atom. The summed E-state index contributed by atoms with van der Waals surface area (Å²) in [6.45, 7) is 0. The second kappa shape index (κ2) is 10.3. The lowest BCUT2D eigenvalue weighted by Gasteiger charge is -2.10. The Hall–Kier alpha value is -7.04. The summed E-state index contributed by atoms with van der Waals surface area (Å²) in [5, 5.41) is 9.47. The molecule has 0 fully saturated rings. The highest BCUT2D eigenvalue weighted by Gasteiger charge is 2.25. The number of benzene rings is 8. The molecule has 0 unspecified atom stereocenters. The topological polar surface area (TPSA) is 27.9 Å². The standard InChI is InChI=1S/C48H29N3O/c1-3-14-30(15-4-1)49-39-23-12-9-20-34(39)45-41(49)28-26-35-46-42(50(47(35)45)31-16-5-2-6-17-31)29-27-36-44-40(24-13-25-43(44)52-48(36)46)51-37-21-10-7-18-32(37)33-19-8-11-22-38(33)51/h1-29H. The predicted molar refractivity (Wildman–Crippen MR) is 217 cm³/mol. The number of hydrogen-bond acceptors (Lipinski definition) is 1. The lowest BCUT2D eigenvalue weighted by atomic mass is 10.0. The van der Waals surface area contributed by atoms with Crippen LogP contribution in [-0.4, -0.2) is 13.7 Å². The Morgan fingerprint density at radius 2 is 0.846 bits per heavy atom. The molecular weight excluding hydrogens is 635 g/mol. The molecule has 0 atom stereocenters. The van der Waals surface area contributed by atoms with Crippen LogP contribution in [-0.2, 0) is 0 Å². The molecule has 0 aliphatic heterocycles. The minimum absolute atomic E-state index is 0.879. The number of aromatic nitrogens is 3. The first-order valence-corrected chi connectivity index (χ1v) is 17.8. The molecule has 4 aromatic heterocycles. The predicted octanol–water partition coefficient (Wildman–Crippen LogP) is 12.9. The molecule has 12 rings (SSSR count). The van der Waals surface area contributed by atoms with E-state index in [-0.39, 0.29) is 0 Å². The number of fused-ring (bicyclic) bond motifs is 14. The van der Waals surface area contributed by atoms with E-state index < -0.39 is 0 Å². The number of para-hydroxylation sites is 5. The van der Waals surface area contributed by atoms with Gasteiger partial charge in [-0.1, -0.05) is 97.1 Å². The van der Waals surface area contributed by atoms with Gasteiger partial charge in [-0.25, -0.2) is 0 Å². The third-order valence-electron chi connectivity index (χ3n) is 11.0. The molecule has 242 valence electrons. The molecular formula is C48H29N3O. The van der Waals surface area contributed by atoms with Crippen molar-refractivity contribution in [2.75, 3.05) is 0 Å². The zero-order valence-corrected chi connectivity index (χ0v) is 28.0. The minimum atomic E-state index is 0.879. The van der Waals surface area contributed by atoms with Crippen LogP contribution < -0.4 is 0 Å². The first-order chi connectivity index (χ1) is 25.8. The highest BCUT2D eigenvalue weighted by molar-refractivity contribution is 6.31. The van der Waals surface area contributed by atoms with Gasteiger partial charge in [-0.05, 0) is 78.9 Å². The van der Waals surface area contributed by atoms with Crippen LogP contribution in [0.4, 0.5) is 0 Å². The number of nitrogens with zero attached hydrogens (tertiary/aromatic N) is 3. The molecule has 0 bridgehead atoms. The molecule has 0 radical (unpaired) electrons. The van der Waals surface area contributed by atoms with Crippen LogP contribution in [0.1, 0.15) is 0 Å². The van der Waals surface area contributed by atoms with Crippen LogP contribution in [0.5, 0.6) is 0 Å². The van der Waals surface area contributed by atoms with Crippen LogP contribution in [0, 0.1) is 0 Å². The molecule has 12 aromatic rings. The summed E-state index contributed by atoms with van der Waals surface area (Å²) in [5.41, 5.74) is 12.2. The van der Waals surface area contributed by atoms with Crippen LogP contribution in [0.2, 0.25) is 0 Å². The fourth-order valence-electron chi connectivity index (χ4n) is 8.97. The Kier molecular flexibility index (Phi) is 5.47. The first kappa shape index (κ1) is 27.7. The van der Waals surface area contributed by atoms with Gasteiger partial charge in [0.1, 0.15) is 11.2 Å². The normalized spacial score (nSPS) is 12.2. The Balaban J connectivity index is 1.26. The highest BCUT2D eigenvalue weighted by atomic mass is 16.3. The zero-order chi connectivity index (χ0) is 33.9. The van der Waals surface area contributed by atoms with E-state index in [2.05, 4.69) is 190 Å². The van der Waals surface area contributed by atoms with Crippen molar-refractivity contribution in [2.45, 2.75) is 0 Å². The van der Waals surface area contributed by atoms with E-state index in [4.69, 9.17) is 4.42 Å². The van der Waals surface area contributed by atoms with E-state index in [9.17, 15) is 0 Å². The van der Waals surface area contributed by atoms with Gasteiger partial charge in [0.2, 0.25) is 0 Å². The van der Waals surface area contributed by atoms with Gasteiger partial charge < -0.3 is 18.1 Å². The lowest BCUT2D eigenvalue weighted by molar-refractivity contribution is 0.673. The summed E-state index contributed by atoms with van der Waals surface area (Å²) >= 11 is 0. The van der Waals surface area contributed by atoms with Gasteiger partial charge in [0.25, 0.3) is 0 Å². The summed E-state index contributed by atoms with van der Waals surface area (Å²) in [7, 11) is 0. The van der Waals surface area contributed by atoms with Gasteiger partial charge >= 0.3 is 0 Å². The van der Waals surface area contributed by atoms with Crippen molar-refractivity contribution < 1.29 is 4.42 Å². The van der Waals surface area contributed by atoms with Crippen molar-refractivity contribution in [2.24, 2.45) is 0 Å². The van der Waals surface area contributed by atoms with E-state index in [1.54, 1.807) is 0 Å². The van der Waals surface area contributed by atoms with Crippen molar-refractivity contribution in [1.82, 2.24) is 13.7 Å². The SMILES string of the molecule is c1ccc(-n2c3ccccc3c3c2ccc2c4c5oc6cccc(-n7c8ccccc8c8ccccc87)c6c5ccc4n(-c4ccccc4)c23)cc1. The smallest absolute Gasteiger partial charge is 0.145 e. The van der Waals surface area contributed by atoms with Gasteiger partial charge in [-0.15, -0.1) is 0 Å². The van der Waals surface area contributed by atoms with Gasteiger partial charge in [0, 0.05) is 43.7 Å². The van der Waals surface area contributed by atoms with Crippen LogP contribution >= 0.6 is 0 Å². The molecule has 4 heteroatoms. The molecule has 0 saturated carbocycles. The van der Waals surface area contributed by atoms with Crippen molar-refractivity contribution in [3.05, 3.63) is 176 Å². The van der Waals surface area contributed by atoms with E-state index in [0.717, 1.165) is 49.9 Å². The van der Waals surface area contributed by atoms with Crippen LogP contribution in [0.15, 0.2) is 180 Å². The average molecular weight is 664 g/mol. The molecule has 4 heterocycles. The molecule has 0 N–H and O–H groups in total. The maximum Gasteiger partial charge on any atom is 0.145 e. The Bertz CT molecular complexity index is 3340. The Morgan fingerprint density at radius 3 is 1.52 bits per heavy atom. The second-order valence-corrected chi connectivity index (χ2v) is 13.7. The maximum absolute atomic E-state index is 7.03. The monoisotopic (exact) mass is 663 g/mol. The fourth-order valence-corrected chi connectivity index (χ4v) is 8.97. The van der Waals surface area contributed by atoms with E-state index in [1.165, 1.54) is 54.5 Å². The number of rotatable bonds is 3. The lowest BCUT2D eigenvalue weighted by Crippen LogP contribution is -1.95. The Labute approximate surface area is 297 Å². The fraction of sp³-hybridized carbons (Fsp3) is 0. The molecule has 8 aromatic carbocycles. The summed E-state index contributed by atoms with van der Waals surface area (Å²) in [5.74, 6) is 0. The largest absolute Gasteiger partial charge is 0.455 e. The first-order valence-electron chi connectivity index (χ1n) is 17.8. The zero-order valence-electron chi connectivity index (χ0n) is 28.0. The second-order valence-electron chi connectivity index (χ2n) is 13.7. The van der Waals surface area contributed by atoms with Gasteiger partial charge in [0.05, 0.1) is 49.6 Å². The molecule has 0 spiro atoms. The van der Waals surface area contributed by atoms with E-state index in [1.807, 2.05) is 0 Å². The third kappa shape index (κ3) is 3.55.